The lowest BCUT2D eigenvalue weighted by Gasteiger charge is -2.57. The van der Waals surface area contributed by atoms with Crippen molar-refractivity contribution in [1.29, 1.82) is 0 Å². The molecule has 2 aromatic heterocycles. The Bertz CT molecular complexity index is 1070. The van der Waals surface area contributed by atoms with Gasteiger partial charge in [-0.2, -0.15) is 0 Å². The van der Waals surface area contributed by atoms with Crippen LogP contribution in [0, 0.1) is 40.9 Å². The molecule has 7 nitrogen and oxygen atoms in total. The minimum Gasteiger partial charge on any atom is -0.387 e. The first-order chi connectivity index (χ1) is 16.4. The SMILES string of the molecule is COC[C@@]1(O)CC[C@H]2[C@@H](CC[C@@H]3[C@@H]2CC[C@]2(C)[C@@H](C(=O)Cn4nnc5ccncc54)CC[C@@H]32)C1. The molecule has 0 aliphatic heterocycles. The maximum absolute atomic E-state index is 13.6. The van der Waals surface area contributed by atoms with E-state index in [4.69, 9.17) is 4.74 Å². The summed E-state index contributed by atoms with van der Waals surface area (Å²) in [5.74, 6) is 3.96. The number of carbonyl (C=O) groups is 1. The van der Waals surface area contributed by atoms with Crippen LogP contribution >= 0.6 is 0 Å². The summed E-state index contributed by atoms with van der Waals surface area (Å²) in [7, 11) is 1.70. The Morgan fingerprint density at radius 2 is 2.00 bits per heavy atom. The van der Waals surface area contributed by atoms with Gasteiger partial charge < -0.3 is 9.84 Å². The van der Waals surface area contributed by atoms with Gasteiger partial charge in [-0.1, -0.05) is 12.1 Å². The highest BCUT2D eigenvalue weighted by molar-refractivity contribution is 5.84. The highest BCUT2D eigenvalue weighted by Crippen LogP contribution is 2.64. The molecule has 4 saturated carbocycles. The molecular weight excluding hydrogens is 428 g/mol. The third-order valence-corrected chi connectivity index (χ3v) is 10.5. The van der Waals surface area contributed by atoms with E-state index in [1.54, 1.807) is 24.2 Å². The molecule has 1 N–H and O–H groups in total. The Hall–Kier alpha value is -1.86. The van der Waals surface area contributed by atoms with Gasteiger partial charge in [-0.15, -0.1) is 5.10 Å². The number of aliphatic hydroxyl groups is 1. The number of hydrogen-bond donors (Lipinski definition) is 1. The Balaban J connectivity index is 1.17. The van der Waals surface area contributed by atoms with Crippen molar-refractivity contribution in [2.75, 3.05) is 13.7 Å². The number of hydrogen-bond acceptors (Lipinski definition) is 6. The van der Waals surface area contributed by atoms with Crippen LogP contribution in [0.5, 0.6) is 0 Å². The molecule has 0 saturated heterocycles. The standard InChI is InChI=1S/C27H38N4O3/c1-26-10-7-19-18-8-11-27(33,16-34-2)13-17(18)3-4-20(19)21(26)5-6-22(26)25(32)15-31-24-14-28-12-9-23(24)29-30-31/h9,12,14,17-22,33H,3-8,10-11,13,15-16H2,1-2H3/t17-,18-,19+,20+,21-,22+,26-,27+/m0/s1. The van der Waals surface area contributed by atoms with E-state index in [9.17, 15) is 9.90 Å². The lowest BCUT2D eigenvalue weighted by molar-refractivity contribution is -0.136. The second kappa shape index (κ2) is 8.37. The van der Waals surface area contributed by atoms with E-state index < -0.39 is 5.60 Å². The smallest absolute Gasteiger partial charge is 0.157 e. The first-order valence-electron chi connectivity index (χ1n) is 13.3. The summed E-state index contributed by atoms with van der Waals surface area (Å²) in [4.78, 5) is 17.8. The number of aromatic nitrogens is 4. The predicted molar refractivity (Wildman–Crippen MR) is 128 cm³/mol. The number of Topliss-reactive ketones (excluding diaryl/α,β-unsaturated/α-hetero) is 1. The summed E-state index contributed by atoms with van der Waals surface area (Å²) in [6, 6.07) is 1.84. The molecule has 7 heteroatoms. The van der Waals surface area contributed by atoms with Gasteiger partial charge >= 0.3 is 0 Å². The zero-order valence-corrected chi connectivity index (χ0v) is 20.5. The maximum atomic E-state index is 13.6. The van der Waals surface area contributed by atoms with E-state index in [2.05, 4.69) is 22.2 Å². The number of pyridine rings is 1. The van der Waals surface area contributed by atoms with Crippen molar-refractivity contribution in [1.82, 2.24) is 20.0 Å². The molecule has 4 aliphatic rings. The fraction of sp³-hybridized carbons (Fsp3) is 0.778. The first-order valence-corrected chi connectivity index (χ1v) is 13.3. The monoisotopic (exact) mass is 466 g/mol. The molecule has 0 spiro atoms. The molecule has 34 heavy (non-hydrogen) atoms. The minimum absolute atomic E-state index is 0.102. The van der Waals surface area contributed by atoms with Crippen molar-refractivity contribution >= 4 is 16.8 Å². The predicted octanol–water partition coefficient (Wildman–Crippen LogP) is 4.04. The van der Waals surface area contributed by atoms with Crippen molar-refractivity contribution < 1.29 is 14.6 Å². The van der Waals surface area contributed by atoms with Gasteiger partial charge in [-0.25, -0.2) is 4.68 Å². The highest BCUT2D eigenvalue weighted by atomic mass is 16.5. The average molecular weight is 467 g/mol. The summed E-state index contributed by atoms with van der Waals surface area (Å²) in [6.07, 6.45) is 13.4. The molecule has 0 radical (unpaired) electrons. The van der Waals surface area contributed by atoms with Crippen LogP contribution in [0.15, 0.2) is 18.5 Å². The van der Waals surface area contributed by atoms with Gasteiger partial charge in [-0.3, -0.25) is 9.78 Å². The first kappa shape index (κ1) is 22.6. The molecule has 4 fully saturated rings. The van der Waals surface area contributed by atoms with E-state index in [1.165, 1.54) is 25.7 Å². The van der Waals surface area contributed by atoms with Crippen LogP contribution in [0.25, 0.3) is 11.0 Å². The van der Waals surface area contributed by atoms with E-state index >= 15 is 0 Å². The van der Waals surface area contributed by atoms with Gasteiger partial charge in [0.15, 0.2) is 5.78 Å². The summed E-state index contributed by atoms with van der Waals surface area (Å²) < 4.78 is 7.08. The molecule has 0 unspecified atom stereocenters. The summed E-state index contributed by atoms with van der Waals surface area (Å²) in [5.41, 5.74) is 1.10. The van der Waals surface area contributed by atoms with Crippen LogP contribution in [0.4, 0.5) is 0 Å². The largest absolute Gasteiger partial charge is 0.387 e. The Morgan fingerprint density at radius 3 is 2.85 bits per heavy atom. The lowest BCUT2D eigenvalue weighted by atomic mass is 9.49. The minimum atomic E-state index is -0.627. The number of ether oxygens (including phenoxy) is 1. The van der Waals surface area contributed by atoms with Gasteiger partial charge in [0.25, 0.3) is 0 Å². The van der Waals surface area contributed by atoms with Crippen molar-refractivity contribution in [3.05, 3.63) is 18.5 Å². The zero-order valence-electron chi connectivity index (χ0n) is 20.5. The Morgan fingerprint density at radius 1 is 1.15 bits per heavy atom. The van der Waals surface area contributed by atoms with Crippen LogP contribution in [0.1, 0.15) is 64.7 Å². The molecule has 2 heterocycles. The molecule has 0 amide bonds. The van der Waals surface area contributed by atoms with Crippen molar-refractivity contribution in [2.45, 2.75) is 76.9 Å². The average Bonchev–Trinajstić information content (AvgIpc) is 3.39. The third-order valence-electron chi connectivity index (χ3n) is 10.5. The van der Waals surface area contributed by atoms with Crippen LogP contribution in [-0.2, 0) is 16.1 Å². The normalized spacial score (nSPS) is 41.6. The van der Waals surface area contributed by atoms with Gasteiger partial charge in [-0.05, 0) is 98.9 Å². The zero-order chi connectivity index (χ0) is 23.5. The molecule has 6 rings (SSSR count). The van der Waals surface area contributed by atoms with Crippen molar-refractivity contribution in [3.8, 4) is 0 Å². The number of fused-ring (bicyclic) bond motifs is 6. The quantitative estimate of drug-likeness (QED) is 0.715. The fourth-order valence-corrected chi connectivity index (χ4v) is 9.08. The topological polar surface area (TPSA) is 90.1 Å². The third kappa shape index (κ3) is 3.53. The molecule has 8 atom stereocenters. The van der Waals surface area contributed by atoms with E-state index in [-0.39, 0.29) is 11.3 Å². The fourth-order valence-electron chi connectivity index (χ4n) is 9.08. The van der Waals surface area contributed by atoms with Crippen molar-refractivity contribution in [3.63, 3.8) is 0 Å². The summed E-state index contributed by atoms with van der Waals surface area (Å²) in [6.45, 7) is 3.17. The number of ketones is 1. The van der Waals surface area contributed by atoms with Gasteiger partial charge in [0.2, 0.25) is 0 Å². The maximum Gasteiger partial charge on any atom is 0.157 e. The number of rotatable bonds is 5. The van der Waals surface area contributed by atoms with Crippen molar-refractivity contribution in [2.24, 2.45) is 40.9 Å². The van der Waals surface area contributed by atoms with E-state index in [1.807, 2.05) is 6.07 Å². The molecule has 184 valence electrons. The Labute approximate surface area is 201 Å². The van der Waals surface area contributed by atoms with E-state index in [0.29, 0.717) is 30.8 Å². The van der Waals surface area contributed by atoms with Crippen LogP contribution in [0.2, 0.25) is 0 Å². The van der Waals surface area contributed by atoms with Gasteiger partial charge in [0.05, 0.1) is 18.4 Å². The van der Waals surface area contributed by atoms with Crippen LogP contribution in [0.3, 0.4) is 0 Å². The molecule has 0 bridgehead atoms. The number of nitrogens with zero attached hydrogens (tertiary/aromatic N) is 4. The molecule has 0 aromatic carbocycles. The van der Waals surface area contributed by atoms with Crippen LogP contribution in [-0.4, -0.2) is 50.2 Å². The second-order valence-corrected chi connectivity index (χ2v) is 12.1. The van der Waals surface area contributed by atoms with Gasteiger partial charge in [0.1, 0.15) is 17.6 Å². The number of carbonyl (C=O) groups excluding carboxylic acids is 1. The molecule has 4 aliphatic carbocycles. The second-order valence-electron chi connectivity index (χ2n) is 12.1. The van der Waals surface area contributed by atoms with Crippen LogP contribution < -0.4 is 0 Å². The molecule has 2 aromatic rings. The van der Waals surface area contributed by atoms with Gasteiger partial charge in [0, 0.05) is 19.2 Å². The van der Waals surface area contributed by atoms with E-state index in [0.717, 1.165) is 60.9 Å². The summed E-state index contributed by atoms with van der Waals surface area (Å²) >= 11 is 0. The number of methoxy groups -OCH3 is 1. The lowest BCUT2D eigenvalue weighted by Crippen LogP contribution is -2.52. The molecular formula is C27H38N4O3. The Kier molecular flexibility index (Phi) is 5.56. The highest BCUT2D eigenvalue weighted by Gasteiger charge is 2.59. The summed E-state index contributed by atoms with van der Waals surface area (Å²) in [5, 5.41) is 19.4.